The van der Waals surface area contributed by atoms with Crippen molar-refractivity contribution in [2.24, 2.45) is 5.84 Å². The molecule has 2 aromatic carbocycles. The monoisotopic (exact) mass is 394 g/mol. The third-order valence-corrected chi connectivity index (χ3v) is 5.28. The van der Waals surface area contributed by atoms with Gasteiger partial charge in [0.15, 0.2) is 0 Å². The number of hydrogen-bond donors (Lipinski definition) is 2. The molecule has 21 heavy (non-hydrogen) atoms. The molecule has 3 N–H and O–H groups in total. The lowest BCUT2D eigenvalue weighted by atomic mass is 9.86. The number of nitrogens with one attached hydrogen (secondary N) is 1. The van der Waals surface area contributed by atoms with Crippen LogP contribution in [-0.4, -0.2) is 0 Å². The van der Waals surface area contributed by atoms with Gasteiger partial charge in [-0.15, -0.1) is 0 Å². The van der Waals surface area contributed by atoms with Gasteiger partial charge in [0.05, 0.1) is 6.04 Å². The number of nitrogens with two attached hydrogens (primary N) is 1. The average molecular weight is 394 g/mol. The van der Waals surface area contributed by atoms with E-state index in [-0.39, 0.29) is 11.5 Å². The highest BCUT2D eigenvalue weighted by Crippen LogP contribution is 2.29. The topological polar surface area (TPSA) is 38.0 Å². The Balaban J connectivity index is 2.40. The van der Waals surface area contributed by atoms with Gasteiger partial charge in [0, 0.05) is 3.57 Å². The first kappa shape index (κ1) is 16.5. The van der Waals surface area contributed by atoms with Gasteiger partial charge < -0.3 is 0 Å². The van der Waals surface area contributed by atoms with Crippen LogP contribution in [0.1, 0.15) is 49.1 Å². The molecule has 0 spiro atoms. The molecular formula is C18H23IN2. The summed E-state index contributed by atoms with van der Waals surface area (Å²) in [5.74, 6) is 5.83. The molecule has 0 radical (unpaired) electrons. The van der Waals surface area contributed by atoms with Crippen LogP contribution in [0.15, 0.2) is 42.5 Å². The number of benzene rings is 2. The molecule has 0 heterocycles. The van der Waals surface area contributed by atoms with Crippen LogP contribution >= 0.6 is 22.6 Å². The molecule has 0 aliphatic carbocycles. The summed E-state index contributed by atoms with van der Waals surface area (Å²) in [5.41, 5.74) is 8.15. The van der Waals surface area contributed by atoms with Crippen molar-refractivity contribution in [2.45, 2.75) is 39.2 Å². The van der Waals surface area contributed by atoms with E-state index in [4.69, 9.17) is 5.84 Å². The molecule has 0 bridgehead atoms. The van der Waals surface area contributed by atoms with Crippen LogP contribution in [0.3, 0.4) is 0 Å². The molecular weight excluding hydrogens is 371 g/mol. The molecule has 0 saturated heterocycles. The largest absolute Gasteiger partial charge is 0.271 e. The van der Waals surface area contributed by atoms with E-state index in [2.05, 4.69) is 98.2 Å². The van der Waals surface area contributed by atoms with E-state index in [0.29, 0.717) is 0 Å². The van der Waals surface area contributed by atoms with Gasteiger partial charge in [-0.3, -0.25) is 5.84 Å². The van der Waals surface area contributed by atoms with E-state index >= 15 is 0 Å². The summed E-state index contributed by atoms with van der Waals surface area (Å²) in [6, 6.07) is 15.1. The van der Waals surface area contributed by atoms with Crippen molar-refractivity contribution >= 4 is 22.6 Å². The number of aryl methyl sites for hydroxylation is 1. The Morgan fingerprint density at radius 2 is 1.67 bits per heavy atom. The minimum Gasteiger partial charge on any atom is -0.271 e. The molecule has 0 saturated carbocycles. The predicted molar refractivity (Wildman–Crippen MR) is 98.2 cm³/mol. The smallest absolute Gasteiger partial charge is 0.0720 e. The Kier molecular flexibility index (Phi) is 5.07. The molecule has 0 amide bonds. The highest BCUT2D eigenvalue weighted by Gasteiger charge is 2.18. The summed E-state index contributed by atoms with van der Waals surface area (Å²) in [4.78, 5) is 0. The van der Waals surface area contributed by atoms with E-state index in [1.165, 1.54) is 25.8 Å². The second kappa shape index (κ2) is 6.46. The fraction of sp³-hybridized carbons (Fsp3) is 0.333. The van der Waals surface area contributed by atoms with Gasteiger partial charge in [0.2, 0.25) is 0 Å². The Labute approximate surface area is 141 Å². The third kappa shape index (κ3) is 3.65. The minimum absolute atomic E-state index is 0.0193. The van der Waals surface area contributed by atoms with Gasteiger partial charge in [-0.25, -0.2) is 5.43 Å². The van der Waals surface area contributed by atoms with Crippen molar-refractivity contribution in [3.63, 3.8) is 0 Å². The maximum absolute atomic E-state index is 5.83. The molecule has 2 aromatic rings. The SMILES string of the molecule is Cc1cccc(C(NN)c2ccc(C(C)(C)C)cc2)c1I. The Bertz CT molecular complexity index is 612. The lowest BCUT2D eigenvalue weighted by molar-refractivity contribution is 0.588. The lowest BCUT2D eigenvalue weighted by Crippen LogP contribution is -2.29. The van der Waals surface area contributed by atoms with Crippen molar-refractivity contribution in [1.82, 2.24) is 5.43 Å². The van der Waals surface area contributed by atoms with Gasteiger partial charge in [-0.2, -0.15) is 0 Å². The molecule has 0 fully saturated rings. The van der Waals surface area contributed by atoms with E-state index < -0.39 is 0 Å². The molecule has 1 atom stereocenters. The van der Waals surface area contributed by atoms with E-state index in [1.807, 2.05) is 0 Å². The van der Waals surface area contributed by atoms with E-state index in [0.717, 1.165) is 0 Å². The van der Waals surface area contributed by atoms with Crippen molar-refractivity contribution in [3.05, 3.63) is 68.3 Å². The normalized spacial score (nSPS) is 13.2. The Morgan fingerprint density at radius 3 is 2.19 bits per heavy atom. The number of hydrazine groups is 1. The van der Waals surface area contributed by atoms with Crippen LogP contribution in [0, 0.1) is 10.5 Å². The number of halogens is 1. The zero-order valence-corrected chi connectivity index (χ0v) is 15.2. The van der Waals surface area contributed by atoms with E-state index in [9.17, 15) is 0 Å². The predicted octanol–water partition coefficient (Wildman–Crippen LogP) is 4.45. The summed E-state index contributed by atoms with van der Waals surface area (Å²) >= 11 is 2.39. The fourth-order valence-electron chi connectivity index (χ4n) is 2.43. The molecule has 2 rings (SSSR count). The summed E-state index contributed by atoms with van der Waals surface area (Å²) in [6.07, 6.45) is 0. The minimum atomic E-state index is 0.0193. The third-order valence-electron chi connectivity index (χ3n) is 3.81. The standard InChI is InChI=1S/C18H23IN2/c1-12-6-5-7-15(16(12)19)17(21-20)13-8-10-14(11-9-13)18(2,3)4/h5-11,17,21H,20H2,1-4H3. The maximum Gasteiger partial charge on any atom is 0.0720 e. The molecule has 0 aliphatic rings. The van der Waals surface area contributed by atoms with Gasteiger partial charge in [0.25, 0.3) is 0 Å². The van der Waals surface area contributed by atoms with Gasteiger partial charge in [0.1, 0.15) is 0 Å². The van der Waals surface area contributed by atoms with Crippen molar-refractivity contribution < 1.29 is 0 Å². The van der Waals surface area contributed by atoms with Gasteiger partial charge >= 0.3 is 0 Å². The van der Waals surface area contributed by atoms with Crippen molar-refractivity contribution in [2.75, 3.05) is 0 Å². The molecule has 0 aromatic heterocycles. The van der Waals surface area contributed by atoms with Crippen molar-refractivity contribution in [1.29, 1.82) is 0 Å². The molecule has 112 valence electrons. The second-order valence-electron chi connectivity index (χ2n) is 6.45. The summed E-state index contributed by atoms with van der Waals surface area (Å²) in [6.45, 7) is 8.81. The first-order valence-electron chi connectivity index (χ1n) is 7.16. The quantitative estimate of drug-likeness (QED) is 0.459. The zero-order valence-electron chi connectivity index (χ0n) is 13.1. The van der Waals surface area contributed by atoms with Crippen molar-refractivity contribution in [3.8, 4) is 0 Å². The molecule has 1 unspecified atom stereocenters. The van der Waals surface area contributed by atoms with Crippen LogP contribution < -0.4 is 11.3 Å². The molecule has 2 nitrogen and oxygen atoms in total. The number of rotatable bonds is 3. The Hall–Kier alpha value is -0.910. The first-order chi connectivity index (χ1) is 9.84. The summed E-state index contributed by atoms with van der Waals surface area (Å²) < 4.78 is 1.26. The van der Waals surface area contributed by atoms with Gasteiger partial charge in [-0.05, 0) is 57.2 Å². The molecule has 3 heteroatoms. The van der Waals surface area contributed by atoms with Gasteiger partial charge in [-0.1, -0.05) is 63.2 Å². The molecule has 0 aliphatic heterocycles. The van der Waals surface area contributed by atoms with Crippen LogP contribution in [0.5, 0.6) is 0 Å². The average Bonchev–Trinajstić information content (AvgIpc) is 2.44. The zero-order chi connectivity index (χ0) is 15.6. The summed E-state index contributed by atoms with van der Waals surface area (Å²) in [7, 11) is 0. The van der Waals surface area contributed by atoms with Crippen LogP contribution in [0.4, 0.5) is 0 Å². The Morgan fingerprint density at radius 1 is 1.05 bits per heavy atom. The fourth-order valence-corrected chi connectivity index (χ4v) is 3.11. The number of hydrogen-bond acceptors (Lipinski definition) is 2. The van der Waals surface area contributed by atoms with E-state index in [1.54, 1.807) is 0 Å². The highest BCUT2D eigenvalue weighted by atomic mass is 127. The van der Waals surface area contributed by atoms with Crippen LogP contribution in [-0.2, 0) is 5.41 Å². The van der Waals surface area contributed by atoms with Crippen LogP contribution in [0.25, 0.3) is 0 Å². The van der Waals surface area contributed by atoms with Crippen LogP contribution in [0.2, 0.25) is 0 Å². The lowest BCUT2D eigenvalue weighted by Gasteiger charge is -2.22. The summed E-state index contributed by atoms with van der Waals surface area (Å²) in [5, 5.41) is 0. The highest BCUT2D eigenvalue weighted by molar-refractivity contribution is 14.1. The first-order valence-corrected chi connectivity index (χ1v) is 8.24. The second-order valence-corrected chi connectivity index (χ2v) is 7.53. The maximum atomic E-state index is 5.83.